The van der Waals surface area contributed by atoms with Gasteiger partial charge in [0.2, 0.25) is 5.91 Å². The lowest BCUT2D eigenvalue weighted by molar-refractivity contribution is -0.142. The molecule has 6 heteroatoms. The molecule has 132 valence electrons. The van der Waals surface area contributed by atoms with Crippen molar-refractivity contribution in [3.8, 4) is 0 Å². The number of rotatable bonds is 9. The summed E-state index contributed by atoms with van der Waals surface area (Å²) in [6.07, 6.45) is 0.847. The van der Waals surface area contributed by atoms with Gasteiger partial charge in [-0.15, -0.1) is 0 Å². The van der Waals surface area contributed by atoms with Crippen LogP contribution in [-0.4, -0.2) is 33.9 Å². The van der Waals surface area contributed by atoms with Gasteiger partial charge in [0, 0.05) is 12.7 Å². The minimum Gasteiger partial charge on any atom is -0.480 e. The Hall–Kier alpha value is -1.82. The maximum absolute atomic E-state index is 12.6. The summed E-state index contributed by atoms with van der Waals surface area (Å²) in [5.74, 6) is -1.30. The highest BCUT2D eigenvalue weighted by atomic mass is 32.2. The Kier molecular flexibility index (Phi) is 8.54. The molecular formula is C18H25NO4S. The van der Waals surface area contributed by atoms with E-state index in [1.54, 1.807) is 0 Å². The Labute approximate surface area is 147 Å². The molecule has 0 aliphatic rings. The van der Waals surface area contributed by atoms with Crippen molar-refractivity contribution in [2.24, 2.45) is 11.8 Å². The van der Waals surface area contributed by atoms with Gasteiger partial charge < -0.3 is 10.4 Å². The van der Waals surface area contributed by atoms with Gasteiger partial charge in [0.25, 0.3) is 0 Å². The lowest BCUT2D eigenvalue weighted by Crippen LogP contribution is -2.45. The molecule has 2 atom stereocenters. The first-order chi connectivity index (χ1) is 11.3. The first-order valence-corrected chi connectivity index (χ1v) is 8.98. The molecule has 0 aromatic heterocycles. The van der Waals surface area contributed by atoms with Gasteiger partial charge in [-0.1, -0.05) is 55.9 Å². The molecule has 2 N–H and O–H groups in total. The first-order valence-electron chi connectivity index (χ1n) is 8.00. The van der Waals surface area contributed by atoms with Crippen LogP contribution in [0.15, 0.2) is 30.3 Å². The molecule has 0 aliphatic heterocycles. The molecule has 0 fully saturated rings. The molecule has 1 aromatic rings. The number of nitrogens with one attached hydrogen (secondary N) is 1. The fraction of sp³-hybridized carbons (Fsp3) is 0.500. The summed E-state index contributed by atoms with van der Waals surface area (Å²) in [4.78, 5) is 35.1. The van der Waals surface area contributed by atoms with Crippen LogP contribution < -0.4 is 5.32 Å². The summed E-state index contributed by atoms with van der Waals surface area (Å²) in [5.41, 5.74) is 0.984. The van der Waals surface area contributed by atoms with Crippen LogP contribution in [0.4, 0.5) is 0 Å². The number of aliphatic carboxylic acids is 1. The number of hydrogen-bond donors (Lipinski definition) is 2. The Morgan fingerprint density at radius 1 is 1.17 bits per heavy atom. The monoisotopic (exact) mass is 351 g/mol. The SMILES string of the molecule is CC(=O)SCC(Cc1ccccc1)C(=O)N[C@@H](CC(C)C)C(=O)O. The second-order valence-electron chi connectivity index (χ2n) is 6.22. The fourth-order valence-electron chi connectivity index (χ4n) is 2.33. The van der Waals surface area contributed by atoms with E-state index in [1.165, 1.54) is 6.92 Å². The maximum atomic E-state index is 12.6. The van der Waals surface area contributed by atoms with E-state index in [9.17, 15) is 19.5 Å². The Morgan fingerprint density at radius 3 is 2.29 bits per heavy atom. The van der Waals surface area contributed by atoms with E-state index < -0.39 is 17.9 Å². The van der Waals surface area contributed by atoms with Crippen molar-refractivity contribution in [2.45, 2.75) is 39.7 Å². The van der Waals surface area contributed by atoms with Gasteiger partial charge in [-0.25, -0.2) is 4.79 Å². The summed E-state index contributed by atoms with van der Waals surface area (Å²) in [6.45, 7) is 5.28. The number of amides is 1. The molecule has 1 unspecified atom stereocenters. The molecule has 0 heterocycles. The highest BCUT2D eigenvalue weighted by molar-refractivity contribution is 8.13. The van der Waals surface area contributed by atoms with E-state index in [0.717, 1.165) is 17.3 Å². The zero-order valence-corrected chi connectivity index (χ0v) is 15.1. The van der Waals surface area contributed by atoms with Crippen LogP contribution >= 0.6 is 11.8 Å². The van der Waals surface area contributed by atoms with Crippen molar-refractivity contribution >= 4 is 28.8 Å². The average molecular weight is 351 g/mol. The van der Waals surface area contributed by atoms with Crippen LogP contribution in [0.1, 0.15) is 32.8 Å². The number of benzene rings is 1. The van der Waals surface area contributed by atoms with E-state index >= 15 is 0 Å². The standard InChI is InChI=1S/C18H25NO4S/c1-12(2)9-16(18(22)23)19-17(21)15(11-24-13(3)20)10-14-7-5-4-6-8-14/h4-8,12,15-16H,9-11H2,1-3H3,(H,19,21)(H,22,23)/t15?,16-/m0/s1. The molecule has 0 saturated carbocycles. The van der Waals surface area contributed by atoms with Crippen molar-refractivity contribution in [3.05, 3.63) is 35.9 Å². The van der Waals surface area contributed by atoms with Crippen molar-refractivity contribution in [1.29, 1.82) is 0 Å². The molecule has 0 bridgehead atoms. The van der Waals surface area contributed by atoms with Crippen LogP contribution in [0.25, 0.3) is 0 Å². The summed E-state index contributed by atoms with van der Waals surface area (Å²) in [6, 6.07) is 8.61. The molecule has 0 aliphatic carbocycles. The fourth-order valence-corrected chi connectivity index (χ4v) is 3.03. The molecular weight excluding hydrogens is 326 g/mol. The number of hydrogen-bond acceptors (Lipinski definition) is 4. The van der Waals surface area contributed by atoms with Gasteiger partial charge in [-0.3, -0.25) is 9.59 Å². The van der Waals surface area contributed by atoms with Crippen molar-refractivity contribution in [1.82, 2.24) is 5.32 Å². The maximum Gasteiger partial charge on any atom is 0.326 e. The topological polar surface area (TPSA) is 83.5 Å². The second kappa shape index (κ2) is 10.1. The summed E-state index contributed by atoms with van der Waals surface area (Å²) in [7, 11) is 0. The van der Waals surface area contributed by atoms with Crippen molar-refractivity contribution in [3.63, 3.8) is 0 Å². The molecule has 0 saturated heterocycles. The molecule has 1 aromatic carbocycles. The van der Waals surface area contributed by atoms with E-state index in [0.29, 0.717) is 18.6 Å². The Morgan fingerprint density at radius 2 is 1.79 bits per heavy atom. The highest BCUT2D eigenvalue weighted by Crippen LogP contribution is 2.17. The largest absolute Gasteiger partial charge is 0.480 e. The quantitative estimate of drug-likeness (QED) is 0.715. The number of carboxylic acid groups (broad SMARTS) is 1. The van der Waals surface area contributed by atoms with E-state index in [2.05, 4.69) is 5.32 Å². The van der Waals surface area contributed by atoms with Gasteiger partial charge in [-0.05, 0) is 24.3 Å². The van der Waals surface area contributed by atoms with Crippen LogP contribution in [0.2, 0.25) is 0 Å². The minimum absolute atomic E-state index is 0.0576. The van der Waals surface area contributed by atoms with E-state index in [1.807, 2.05) is 44.2 Å². The number of carbonyl (C=O) groups excluding carboxylic acids is 2. The predicted octanol–water partition coefficient (Wildman–Crippen LogP) is 2.74. The third kappa shape index (κ3) is 7.64. The molecule has 24 heavy (non-hydrogen) atoms. The van der Waals surface area contributed by atoms with Crippen LogP contribution in [0, 0.1) is 11.8 Å². The lowest BCUT2D eigenvalue weighted by Gasteiger charge is -2.21. The van der Waals surface area contributed by atoms with E-state index in [4.69, 9.17) is 0 Å². The van der Waals surface area contributed by atoms with Crippen molar-refractivity contribution < 1.29 is 19.5 Å². The smallest absolute Gasteiger partial charge is 0.326 e. The third-order valence-corrected chi connectivity index (χ3v) is 4.48. The summed E-state index contributed by atoms with van der Waals surface area (Å²) in [5, 5.41) is 11.9. The van der Waals surface area contributed by atoms with Crippen molar-refractivity contribution in [2.75, 3.05) is 5.75 Å². The van der Waals surface area contributed by atoms with Crippen LogP contribution in [-0.2, 0) is 20.8 Å². The highest BCUT2D eigenvalue weighted by Gasteiger charge is 2.26. The van der Waals surface area contributed by atoms with Gasteiger partial charge in [0.05, 0.1) is 5.92 Å². The van der Waals surface area contributed by atoms with Gasteiger partial charge >= 0.3 is 5.97 Å². The van der Waals surface area contributed by atoms with E-state index in [-0.39, 0.29) is 16.9 Å². The molecule has 5 nitrogen and oxygen atoms in total. The Balaban J connectivity index is 2.81. The number of carbonyl (C=O) groups is 3. The van der Waals surface area contributed by atoms with Crippen LogP contribution in [0.5, 0.6) is 0 Å². The predicted molar refractivity (Wildman–Crippen MR) is 95.8 cm³/mol. The van der Waals surface area contributed by atoms with Gasteiger partial charge in [0.15, 0.2) is 5.12 Å². The average Bonchev–Trinajstić information content (AvgIpc) is 2.50. The molecule has 0 radical (unpaired) electrons. The summed E-state index contributed by atoms with van der Waals surface area (Å²) >= 11 is 1.09. The summed E-state index contributed by atoms with van der Waals surface area (Å²) < 4.78 is 0. The zero-order valence-electron chi connectivity index (χ0n) is 14.3. The molecule has 1 rings (SSSR count). The van der Waals surface area contributed by atoms with Crippen LogP contribution in [0.3, 0.4) is 0 Å². The Bertz CT molecular complexity index is 559. The number of carboxylic acids is 1. The lowest BCUT2D eigenvalue weighted by atomic mass is 9.98. The minimum atomic E-state index is -1.03. The zero-order chi connectivity index (χ0) is 18.1. The molecule has 1 amide bonds. The second-order valence-corrected chi connectivity index (χ2v) is 7.42. The van der Waals surface area contributed by atoms with Gasteiger partial charge in [0.1, 0.15) is 6.04 Å². The first kappa shape index (κ1) is 20.2. The normalized spacial score (nSPS) is 13.3. The van der Waals surface area contributed by atoms with Gasteiger partial charge in [-0.2, -0.15) is 0 Å². The third-order valence-electron chi connectivity index (χ3n) is 3.51. The number of thioether (sulfide) groups is 1. The molecule has 0 spiro atoms.